The number of nitrogens with zero attached hydrogens (tertiary/aromatic N) is 3. The van der Waals surface area contributed by atoms with Crippen molar-refractivity contribution >= 4 is 0 Å². The first-order valence-electron chi connectivity index (χ1n) is 2.67. The van der Waals surface area contributed by atoms with Gasteiger partial charge in [0.2, 0.25) is 0 Å². The van der Waals surface area contributed by atoms with E-state index >= 15 is 0 Å². The maximum atomic E-state index is 9.78. The van der Waals surface area contributed by atoms with Crippen LogP contribution in [0.1, 0.15) is 0 Å². The van der Waals surface area contributed by atoms with E-state index in [-0.39, 0.29) is 0 Å². The van der Waals surface area contributed by atoms with Crippen molar-refractivity contribution in [2.75, 3.05) is 0 Å². The molecule has 0 saturated carbocycles. The molecule has 0 bridgehead atoms. The number of hydrogen-bond donors (Lipinski definition) is 2. The van der Waals surface area contributed by atoms with Gasteiger partial charge in [0.15, 0.2) is 0 Å². The highest BCUT2D eigenvalue weighted by atomic mass is 16.5. The molecule has 0 aliphatic heterocycles. The van der Waals surface area contributed by atoms with Crippen LogP contribution in [0.15, 0.2) is 28.3 Å². The van der Waals surface area contributed by atoms with Gasteiger partial charge in [-0.1, -0.05) is 5.16 Å². The summed E-state index contributed by atoms with van der Waals surface area (Å²) in [5.41, 5.74) is 0. The van der Waals surface area contributed by atoms with Crippen LogP contribution in [-0.2, 0) is 0 Å². The van der Waals surface area contributed by atoms with Crippen molar-refractivity contribution in [3.05, 3.63) is 29.5 Å². The SMILES string of the molecule is O=c1[nH]cno1.c1nc[nH]n1. The van der Waals surface area contributed by atoms with Crippen LogP contribution in [0.4, 0.5) is 0 Å². The van der Waals surface area contributed by atoms with Crippen LogP contribution in [0.25, 0.3) is 0 Å². The smallest absolute Gasteiger partial charge is 0.296 e. The van der Waals surface area contributed by atoms with Crippen LogP contribution in [0.3, 0.4) is 0 Å². The Bertz CT molecular complexity index is 275. The van der Waals surface area contributed by atoms with Gasteiger partial charge in [0, 0.05) is 0 Å². The van der Waals surface area contributed by atoms with Gasteiger partial charge in [0.1, 0.15) is 19.0 Å². The second kappa shape index (κ2) is 3.99. The van der Waals surface area contributed by atoms with E-state index in [1.165, 1.54) is 19.0 Å². The van der Waals surface area contributed by atoms with Crippen molar-refractivity contribution in [2.24, 2.45) is 0 Å². The summed E-state index contributed by atoms with van der Waals surface area (Å²) < 4.78 is 3.97. The minimum Gasteiger partial charge on any atom is -0.296 e. The first kappa shape index (κ1) is 7.19. The highest BCUT2D eigenvalue weighted by Gasteiger charge is 1.74. The Hall–Kier alpha value is -1.92. The maximum absolute atomic E-state index is 9.78. The van der Waals surface area contributed by atoms with Crippen LogP contribution in [-0.4, -0.2) is 25.3 Å². The molecule has 58 valence electrons. The van der Waals surface area contributed by atoms with Gasteiger partial charge in [-0.2, -0.15) is 5.10 Å². The lowest BCUT2D eigenvalue weighted by Crippen LogP contribution is -1.92. The molecule has 7 heteroatoms. The summed E-state index contributed by atoms with van der Waals surface area (Å²) in [7, 11) is 0. The summed E-state index contributed by atoms with van der Waals surface area (Å²) >= 11 is 0. The predicted octanol–water partition coefficient (Wildman–Crippen LogP) is -0.832. The molecular weight excluding hydrogens is 150 g/mol. The number of H-pyrrole nitrogens is 2. The fourth-order valence-electron chi connectivity index (χ4n) is 0.346. The van der Waals surface area contributed by atoms with Gasteiger partial charge in [-0.3, -0.25) is 14.6 Å². The van der Waals surface area contributed by atoms with Crippen LogP contribution in [0, 0.1) is 0 Å². The van der Waals surface area contributed by atoms with E-state index in [9.17, 15) is 4.79 Å². The lowest BCUT2D eigenvalue weighted by molar-refractivity contribution is 0.386. The molecule has 0 aliphatic rings. The molecule has 0 atom stereocenters. The number of hydrogen-bond acceptors (Lipinski definition) is 5. The average molecular weight is 155 g/mol. The Morgan fingerprint density at radius 1 is 1.45 bits per heavy atom. The van der Waals surface area contributed by atoms with Gasteiger partial charge in [-0.15, -0.1) is 0 Å². The highest BCUT2D eigenvalue weighted by Crippen LogP contribution is 1.53. The summed E-state index contributed by atoms with van der Waals surface area (Å²) in [6, 6.07) is 0. The van der Waals surface area contributed by atoms with Gasteiger partial charge in [0.25, 0.3) is 0 Å². The molecule has 0 saturated heterocycles. The third-order valence-electron chi connectivity index (χ3n) is 0.702. The zero-order valence-corrected chi connectivity index (χ0v) is 5.39. The van der Waals surface area contributed by atoms with E-state index in [0.29, 0.717) is 0 Å². The van der Waals surface area contributed by atoms with Crippen LogP contribution in [0.2, 0.25) is 0 Å². The van der Waals surface area contributed by atoms with Crippen molar-refractivity contribution in [1.29, 1.82) is 0 Å². The summed E-state index contributed by atoms with van der Waals surface area (Å²) in [6.45, 7) is 0. The minimum absolute atomic E-state index is 0.519. The fourth-order valence-corrected chi connectivity index (χ4v) is 0.346. The predicted molar refractivity (Wildman–Crippen MR) is 33.5 cm³/mol. The molecule has 0 aliphatic carbocycles. The van der Waals surface area contributed by atoms with Gasteiger partial charge >= 0.3 is 5.76 Å². The van der Waals surface area contributed by atoms with Crippen molar-refractivity contribution in [1.82, 2.24) is 25.3 Å². The molecule has 2 N–H and O–H groups in total. The van der Waals surface area contributed by atoms with Gasteiger partial charge in [-0.05, 0) is 0 Å². The van der Waals surface area contributed by atoms with E-state index in [2.05, 4.69) is 29.8 Å². The van der Waals surface area contributed by atoms with E-state index in [0.717, 1.165) is 0 Å². The lowest BCUT2D eigenvalue weighted by atomic mass is 11.3. The third-order valence-corrected chi connectivity index (χ3v) is 0.702. The second-order valence-corrected chi connectivity index (χ2v) is 1.41. The van der Waals surface area contributed by atoms with Crippen molar-refractivity contribution < 1.29 is 4.52 Å². The molecule has 2 rings (SSSR count). The zero-order chi connectivity index (χ0) is 7.94. The van der Waals surface area contributed by atoms with E-state index < -0.39 is 5.76 Å². The molecule has 7 nitrogen and oxygen atoms in total. The summed E-state index contributed by atoms with van der Waals surface area (Å²) in [4.78, 5) is 15.5. The summed E-state index contributed by atoms with van der Waals surface area (Å²) in [5, 5.41) is 9.06. The standard InChI is InChI=1S/C2H3N3.C2H2N2O2/c1-3-2-5-4-1;5-2-3-1-4-6-2/h1-2H,(H,3,4,5);1H,(H,3,4,5). The third kappa shape index (κ3) is 2.94. The summed E-state index contributed by atoms with van der Waals surface area (Å²) in [5.74, 6) is -0.519. The van der Waals surface area contributed by atoms with Crippen LogP contribution in [0.5, 0.6) is 0 Å². The van der Waals surface area contributed by atoms with Crippen molar-refractivity contribution in [3.63, 3.8) is 0 Å². The van der Waals surface area contributed by atoms with E-state index in [1.807, 2.05) is 0 Å². The Morgan fingerprint density at radius 3 is 2.55 bits per heavy atom. The molecule has 0 unspecified atom stereocenters. The molecule has 11 heavy (non-hydrogen) atoms. The van der Waals surface area contributed by atoms with Crippen LogP contribution >= 0.6 is 0 Å². The average Bonchev–Trinajstić information content (AvgIpc) is 2.57. The topological polar surface area (TPSA) is 100 Å². The molecule has 2 aromatic heterocycles. The van der Waals surface area contributed by atoms with Crippen molar-refractivity contribution in [2.45, 2.75) is 0 Å². The number of rotatable bonds is 0. The Kier molecular flexibility index (Phi) is 2.61. The molecule has 2 heterocycles. The van der Waals surface area contributed by atoms with Gasteiger partial charge in [-0.25, -0.2) is 9.78 Å². The van der Waals surface area contributed by atoms with Gasteiger partial charge in [0.05, 0.1) is 0 Å². The Balaban J connectivity index is 0.000000112. The summed E-state index contributed by atoms with van der Waals surface area (Å²) in [6.07, 6.45) is 4.14. The Morgan fingerprint density at radius 2 is 2.36 bits per heavy atom. The maximum Gasteiger partial charge on any atom is 0.438 e. The second-order valence-electron chi connectivity index (χ2n) is 1.41. The number of aromatic amines is 2. The van der Waals surface area contributed by atoms with Crippen molar-refractivity contribution in [3.8, 4) is 0 Å². The molecule has 0 aromatic carbocycles. The Labute approximate surface area is 60.5 Å². The normalized spacial score (nSPS) is 8.36. The number of aromatic nitrogens is 5. The van der Waals surface area contributed by atoms with Crippen LogP contribution < -0.4 is 5.76 Å². The molecule has 2 aromatic rings. The largest absolute Gasteiger partial charge is 0.438 e. The van der Waals surface area contributed by atoms with E-state index in [4.69, 9.17) is 0 Å². The first-order valence-corrected chi connectivity index (χ1v) is 2.67. The zero-order valence-electron chi connectivity index (χ0n) is 5.39. The number of nitrogens with one attached hydrogen (secondary N) is 2. The molecule has 0 fully saturated rings. The lowest BCUT2D eigenvalue weighted by Gasteiger charge is -1.47. The monoisotopic (exact) mass is 155 g/mol. The molecule has 0 spiro atoms. The molecule has 0 radical (unpaired) electrons. The van der Waals surface area contributed by atoms with E-state index in [1.54, 1.807) is 0 Å². The minimum atomic E-state index is -0.519. The van der Waals surface area contributed by atoms with Gasteiger partial charge < -0.3 is 0 Å². The quantitative estimate of drug-likeness (QED) is 0.517. The first-order chi connectivity index (χ1) is 5.39. The molecular formula is C4H5N5O2. The highest BCUT2D eigenvalue weighted by molar-refractivity contribution is 4.43. The molecule has 0 amide bonds. The fraction of sp³-hybridized carbons (Fsp3) is 0.